The molecule has 0 atom stereocenters. The van der Waals surface area contributed by atoms with E-state index < -0.39 is 0 Å². The highest BCUT2D eigenvalue weighted by Gasteiger charge is 2.13. The Balaban J connectivity index is 0.000000354. The first-order chi connectivity index (χ1) is 5.52. The lowest BCUT2D eigenvalue weighted by Crippen LogP contribution is -2.07. The smallest absolute Gasteiger partial charge is 0.0137 e. The molecule has 0 saturated heterocycles. The van der Waals surface area contributed by atoms with Crippen LogP contribution in [0.5, 0.6) is 0 Å². The van der Waals surface area contributed by atoms with Gasteiger partial charge in [-0.1, -0.05) is 57.9 Å². The third kappa shape index (κ3) is 5.17. The van der Waals surface area contributed by atoms with Gasteiger partial charge in [0, 0.05) is 0 Å². The first-order valence-electron chi connectivity index (χ1n) is 4.88. The Labute approximate surface area is 77.4 Å². The van der Waals surface area contributed by atoms with Gasteiger partial charge in [-0.25, -0.2) is 0 Å². The van der Waals surface area contributed by atoms with Gasteiger partial charge in [-0.05, 0) is 18.8 Å². The molecule has 1 rings (SSSR count). The average molecular weight is 166 g/mol. The highest BCUT2D eigenvalue weighted by molar-refractivity contribution is 5.23. The SMILES string of the molecule is CC1=CCC(C)(C)C=C1.CCC. The van der Waals surface area contributed by atoms with Crippen LogP contribution in [0.15, 0.2) is 23.8 Å². The van der Waals surface area contributed by atoms with Crippen molar-refractivity contribution in [3.05, 3.63) is 23.8 Å². The Bertz CT molecular complexity index is 170. The predicted octanol–water partition coefficient (Wildman–Crippen LogP) is 4.34. The molecule has 0 amide bonds. The van der Waals surface area contributed by atoms with Gasteiger partial charge in [-0.15, -0.1) is 0 Å². The van der Waals surface area contributed by atoms with Crippen LogP contribution in [0.25, 0.3) is 0 Å². The second kappa shape index (κ2) is 5.18. The van der Waals surface area contributed by atoms with Crippen molar-refractivity contribution < 1.29 is 0 Å². The minimum atomic E-state index is 0.402. The standard InChI is InChI=1S/C9H14.C3H8/c1-8-4-6-9(2,3)7-5-8;1-3-2/h4-6H,7H2,1-3H3;3H2,1-2H3. The van der Waals surface area contributed by atoms with E-state index >= 15 is 0 Å². The fraction of sp³-hybridized carbons (Fsp3) is 0.667. The summed E-state index contributed by atoms with van der Waals surface area (Å²) in [5, 5.41) is 0. The molecule has 12 heavy (non-hydrogen) atoms. The first kappa shape index (κ1) is 11.5. The molecule has 0 heteroatoms. The van der Waals surface area contributed by atoms with Crippen LogP contribution in [0.3, 0.4) is 0 Å². The molecule has 0 aromatic heterocycles. The number of rotatable bonds is 0. The molecular weight excluding hydrogens is 144 g/mol. The van der Waals surface area contributed by atoms with E-state index in [4.69, 9.17) is 0 Å². The van der Waals surface area contributed by atoms with Gasteiger partial charge in [0.1, 0.15) is 0 Å². The van der Waals surface area contributed by atoms with Gasteiger partial charge in [0.15, 0.2) is 0 Å². The van der Waals surface area contributed by atoms with Crippen molar-refractivity contribution in [3.63, 3.8) is 0 Å². The topological polar surface area (TPSA) is 0 Å². The maximum Gasteiger partial charge on any atom is -0.0137 e. The highest BCUT2D eigenvalue weighted by atomic mass is 14.2. The van der Waals surface area contributed by atoms with E-state index in [1.807, 2.05) is 0 Å². The minimum Gasteiger partial charge on any atom is -0.0808 e. The van der Waals surface area contributed by atoms with Crippen molar-refractivity contribution >= 4 is 0 Å². The average Bonchev–Trinajstić information content (AvgIpc) is 1.98. The van der Waals surface area contributed by atoms with Gasteiger partial charge in [0.25, 0.3) is 0 Å². The van der Waals surface area contributed by atoms with Crippen LogP contribution in [0, 0.1) is 5.41 Å². The molecule has 0 bridgehead atoms. The van der Waals surface area contributed by atoms with Crippen molar-refractivity contribution in [1.82, 2.24) is 0 Å². The van der Waals surface area contributed by atoms with Gasteiger partial charge < -0.3 is 0 Å². The highest BCUT2D eigenvalue weighted by Crippen LogP contribution is 2.27. The number of hydrogen-bond acceptors (Lipinski definition) is 0. The lowest BCUT2D eigenvalue weighted by Gasteiger charge is -2.21. The zero-order valence-corrected chi connectivity index (χ0v) is 9.15. The van der Waals surface area contributed by atoms with Crippen LogP contribution in [-0.2, 0) is 0 Å². The number of hydrogen-bond donors (Lipinski definition) is 0. The largest absolute Gasteiger partial charge is 0.0808 e. The molecule has 0 aromatic carbocycles. The molecule has 1 aliphatic carbocycles. The van der Waals surface area contributed by atoms with Crippen LogP contribution < -0.4 is 0 Å². The van der Waals surface area contributed by atoms with Gasteiger partial charge in [0.2, 0.25) is 0 Å². The van der Waals surface area contributed by atoms with Crippen molar-refractivity contribution in [2.75, 3.05) is 0 Å². The Hall–Kier alpha value is -0.520. The number of allylic oxidation sites excluding steroid dienone is 4. The van der Waals surface area contributed by atoms with E-state index in [2.05, 4.69) is 52.8 Å². The summed E-state index contributed by atoms with van der Waals surface area (Å²) >= 11 is 0. The second-order valence-corrected chi connectivity index (χ2v) is 4.18. The van der Waals surface area contributed by atoms with Gasteiger partial charge >= 0.3 is 0 Å². The molecule has 0 spiro atoms. The Morgan fingerprint density at radius 1 is 1.33 bits per heavy atom. The minimum absolute atomic E-state index is 0.402. The Kier molecular flexibility index (Phi) is 4.96. The fourth-order valence-corrected chi connectivity index (χ4v) is 0.917. The molecule has 0 heterocycles. The van der Waals surface area contributed by atoms with Crippen LogP contribution in [0.2, 0.25) is 0 Å². The van der Waals surface area contributed by atoms with E-state index in [9.17, 15) is 0 Å². The third-order valence-corrected chi connectivity index (χ3v) is 1.75. The molecule has 0 aliphatic heterocycles. The van der Waals surface area contributed by atoms with Gasteiger partial charge in [-0.3, -0.25) is 0 Å². The van der Waals surface area contributed by atoms with Gasteiger partial charge in [0.05, 0.1) is 0 Å². The summed E-state index contributed by atoms with van der Waals surface area (Å²) in [6.07, 6.45) is 9.21. The molecule has 1 aliphatic rings. The molecule has 0 saturated carbocycles. The molecule has 0 aromatic rings. The summed E-state index contributed by atoms with van der Waals surface area (Å²) in [6, 6.07) is 0. The molecule has 0 fully saturated rings. The molecule has 70 valence electrons. The monoisotopic (exact) mass is 166 g/mol. The Morgan fingerprint density at radius 3 is 2.08 bits per heavy atom. The fourth-order valence-electron chi connectivity index (χ4n) is 0.917. The van der Waals surface area contributed by atoms with Crippen molar-refractivity contribution in [2.24, 2.45) is 5.41 Å². The van der Waals surface area contributed by atoms with Crippen LogP contribution in [0.4, 0.5) is 0 Å². The lowest BCUT2D eigenvalue weighted by atomic mass is 9.84. The van der Waals surface area contributed by atoms with Crippen molar-refractivity contribution in [2.45, 2.75) is 47.5 Å². The zero-order valence-electron chi connectivity index (χ0n) is 9.15. The maximum absolute atomic E-state index is 2.29. The summed E-state index contributed by atoms with van der Waals surface area (Å²) in [7, 11) is 0. The summed E-state index contributed by atoms with van der Waals surface area (Å²) < 4.78 is 0. The van der Waals surface area contributed by atoms with E-state index in [0.717, 1.165) is 0 Å². The zero-order chi connectivity index (χ0) is 9.61. The maximum atomic E-state index is 2.29. The van der Waals surface area contributed by atoms with Crippen LogP contribution >= 0.6 is 0 Å². The lowest BCUT2D eigenvalue weighted by molar-refractivity contribution is 0.482. The van der Waals surface area contributed by atoms with Crippen molar-refractivity contribution in [3.8, 4) is 0 Å². The van der Waals surface area contributed by atoms with E-state index in [1.165, 1.54) is 18.4 Å². The predicted molar refractivity (Wildman–Crippen MR) is 57.3 cm³/mol. The van der Waals surface area contributed by atoms with Crippen LogP contribution in [-0.4, -0.2) is 0 Å². The molecule has 0 N–H and O–H groups in total. The van der Waals surface area contributed by atoms with E-state index in [1.54, 1.807) is 0 Å². The molecule has 0 radical (unpaired) electrons. The van der Waals surface area contributed by atoms with Crippen LogP contribution in [0.1, 0.15) is 47.5 Å². The second-order valence-electron chi connectivity index (χ2n) is 4.18. The summed E-state index contributed by atoms with van der Waals surface area (Å²) in [5.74, 6) is 0. The van der Waals surface area contributed by atoms with E-state index in [-0.39, 0.29) is 0 Å². The van der Waals surface area contributed by atoms with Crippen molar-refractivity contribution in [1.29, 1.82) is 0 Å². The molecule has 0 unspecified atom stereocenters. The summed E-state index contributed by atoms with van der Waals surface area (Å²) in [5.41, 5.74) is 1.80. The molecule has 0 nitrogen and oxygen atoms in total. The van der Waals surface area contributed by atoms with Gasteiger partial charge in [-0.2, -0.15) is 0 Å². The third-order valence-electron chi connectivity index (χ3n) is 1.75. The molecular formula is C12H22. The first-order valence-corrected chi connectivity index (χ1v) is 4.88. The van der Waals surface area contributed by atoms with E-state index in [0.29, 0.717) is 5.41 Å². The quantitative estimate of drug-likeness (QED) is 0.502. The normalized spacial score (nSPS) is 19.2. The summed E-state index contributed by atoms with van der Waals surface area (Å²) in [6.45, 7) is 10.9. The Morgan fingerprint density at radius 2 is 1.83 bits per heavy atom. The summed E-state index contributed by atoms with van der Waals surface area (Å²) in [4.78, 5) is 0.